The summed E-state index contributed by atoms with van der Waals surface area (Å²) in [4.78, 5) is 29.5. The average molecular weight is 571 g/mol. The Labute approximate surface area is 219 Å². The molecule has 202 valence electrons. The van der Waals surface area contributed by atoms with Crippen molar-refractivity contribution < 1.29 is 40.3 Å². The number of benzene rings is 3. The van der Waals surface area contributed by atoms with Crippen LogP contribution in [0.3, 0.4) is 0 Å². The molecule has 4 aromatic rings. The molecule has 3 N–H and O–H groups in total. The number of alkyl halides is 5. The number of carbonyl (C=O) groups excluding carboxylic acids is 2. The Balaban J connectivity index is 1.97. The van der Waals surface area contributed by atoms with Crippen molar-refractivity contribution in [2.75, 3.05) is 0 Å². The molecule has 6 nitrogen and oxygen atoms in total. The molecule has 1 aliphatic rings. The number of carbonyl (C=O) groups is 2. The van der Waals surface area contributed by atoms with E-state index in [0.29, 0.717) is 6.07 Å². The lowest BCUT2D eigenvalue weighted by atomic mass is 9.85. The predicted octanol–water partition coefficient (Wildman–Crippen LogP) is 5.85. The molecule has 0 bridgehead atoms. The van der Waals surface area contributed by atoms with Gasteiger partial charge in [-0.3, -0.25) is 9.59 Å². The summed E-state index contributed by atoms with van der Waals surface area (Å²) in [6.07, 6.45) is -7.15. The van der Waals surface area contributed by atoms with E-state index in [1.807, 2.05) is 0 Å². The lowest BCUT2D eigenvalue weighted by Crippen LogP contribution is -2.21. The molecule has 3 aromatic carbocycles. The van der Waals surface area contributed by atoms with E-state index in [1.54, 1.807) is 0 Å². The van der Waals surface area contributed by atoms with Gasteiger partial charge in [0.2, 0.25) is 5.91 Å². The van der Waals surface area contributed by atoms with Crippen LogP contribution in [0.4, 0.5) is 30.7 Å². The summed E-state index contributed by atoms with van der Waals surface area (Å²) in [6.45, 7) is -0.923. The highest BCUT2D eigenvalue weighted by atomic mass is 35.5. The summed E-state index contributed by atoms with van der Waals surface area (Å²) in [6, 6.07) is 3.45. The smallest absolute Gasteiger partial charge is 0.366 e. The number of nitrogens with zero attached hydrogens (tertiary/aromatic N) is 2. The number of hydrogen-bond acceptors (Lipinski definition) is 3. The second-order valence-corrected chi connectivity index (χ2v) is 9.09. The maximum atomic E-state index is 14.3. The molecule has 1 atom stereocenters. The normalized spacial score (nSPS) is 15.2. The maximum Gasteiger partial charge on any atom is 0.417 e. The molecular formula is C25H14ClF7N4O2. The fraction of sp³-hybridized carbons (Fsp3) is 0.160. The van der Waals surface area contributed by atoms with Crippen molar-refractivity contribution in [2.45, 2.75) is 25.2 Å². The van der Waals surface area contributed by atoms with Crippen LogP contribution in [0, 0.1) is 11.6 Å². The van der Waals surface area contributed by atoms with Crippen molar-refractivity contribution in [2.24, 2.45) is 5.73 Å². The molecular weight excluding hydrogens is 557 g/mol. The Morgan fingerprint density at radius 2 is 1.82 bits per heavy atom. The lowest BCUT2D eigenvalue weighted by molar-refractivity contribution is -0.137. The van der Waals surface area contributed by atoms with Gasteiger partial charge in [0.1, 0.15) is 17.2 Å². The van der Waals surface area contributed by atoms with Gasteiger partial charge in [-0.05, 0) is 42.0 Å². The number of amides is 2. The van der Waals surface area contributed by atoms with E-state index in [0.717, 1.165) is 29.1 Å². The number of primary amides is 1. The summed E-state index contributed by atoms with van der Waals surface area (Å²) < 4.78 is 98.6. The quantitative estimate of drug-likeness (QED) is 0.295. The number of rotatable bonds is 5. The molecule has 1 unspecified atom stereocenters. The van der Waals surface area contributed by atoms with E-state index in [-0.39, 0.29) is 38.8 Å². The van der Waals surface area contributed by atoms with Crippen molar-refractivity contribution in [1.82, 2.24) is 14.9 Å². The summed E-state index contributed by atoms with van der Waals surface area (Å²) in [5, 5.41) is 2.45. The monoisotopic (exact) mass is 570 g/mol. The number of fused-ring (bicyclic) bond motifs is 3. The van der Waals surface area contributed by atoms with Crippen LogP contribution < -0.4 is 11.1 Å². The molecule has 5 rings (SSSR count). The van der Waals surface area contributed by atoms with Gasteiger partial charge >= 0.3 is 6.18 Å². The first-order valence-corrected chi connectivity index (χ1v) is 11.4. The van der Waals surface area contributed by atoms with Crippen LogP contribution in [0.25, 0.3) is 22.2 Å². The largest absolute Gasteiger partial charge is 0.417 e. The third-order valence-electron chi connectivity index (χ3n) is 6.29. The van der Waals surface area contributed by atoms with Gasteiger partial charge in [0, 0.05) is 21.7 Å². The van der Waals surface area contributed by atoms with E-state index in [1.165, 1.54) is 6.07 Å². The molecule has 1 aromatic heterocycles. The molecule has 0 fully saturated rings. The summed E-state index contributed by atoms with van der Waals surface area (Å²) in [5.74, 6) is -4.50. The lowest BCUT2D eigenvalue weighted by Gasteiger charge is -2.22. The van der Waals surface area contributed by atoms with Gasteiger partial charge in [-0.2, -0.15) is 13.2 Å². The highest BCUT2D eigenvalue weighted by Crippen LogP contribution is 2.48. The molecule has 0 radical (unpaired) electrons. The molecule has 0 saturated carbocycles. The Hall–Kier alpha value is -4.13. The minimum absolute atomic E-state index is 0.0484. The number of aromatic nitrogens is 2. The fourth-order valence-electron chi connectivity index (χ4n) is 4.80. The van der Waals surface area contributed by atoms with Gasteiger partial charge in [-0.25, -0.2) is 22.5 Å². The van der Waals surface area contributed by atoms with E-state index in [9.17, 15) is 40.3 Å². The second-order valence-electron chi connectivity index (χ2n) is 8.68. The first kappa shape index (κ1) is 26.5. The maximum absolute atomic E-state index is 14.3. The minimum Gasteiger partial charge on any atom is -0.366 e. The second kappa shape index (κ2) is 9.26. The summed E-state index contributed by atoms with van der Waals surface area (Å²) >= 11 is 6.25. The first-order chi connectivity index (χ1) is 18.3. The molecule has 0 spiro atoms. The van der Waals surface area contributed by atoms with E-state index in [2.05, 4.69) is 10.3 Å². The van der Waals surface area contributed by atoms with Gasteiger partial charge in [-0.1, -0.05) is 11.6 Å². The Kier molecular flexibility index (Phi) is 6.29. The molecule has 0 aliphatic carbocycles. The van der Waals surface area contributed by atoms with Gasteiger partial charge in [-0.15, -0.1) is 0 Å². The van der Waals surface area contributed by atoms with Crippen molar-refractivity contribution >= 4 is 34.4 Å². The van der Waals surface area contributed by atoms with Crippen LogP contribution in [0.2, 0.25) is 5.02 Å². The highest BCUT2D eigenvalue weighted by Gasteiger charge is 2.42. The third-order valence-corrected chi connectivity index (χ3v) is 6.64. The fourth-order valence-corrected chi connectivity index (χ4v) is 5.03. The zero-order valence-electron chi connectivity index (χ0n) is 19.2. The van der Waals surface area contributed by atoms with Crippen LogP contribution >= 0.6 is 11.6 Å². The zero-order valence-corrected chi connectivity index (χ0v) is 20.0. The topological polar surface area (TPSA) is 90.0 Å². The molecule has 1 aliphatic heterocycles. The van der Waals surface area contributed by atoms with Crippen LogP contribution in [0.15, 0.2) is 42.7 Å². The highest BCUT2D eigenvalue weighted by molar-refractivity contribution is 6.31. The number of nitrogens with one attached hydrogen (secondary N) is 1. The van der Waals surface area contributed by atoms with Crippen LogP contribution in [0.1, 0.15) is 43.4 Å². The van der Waals surface area contributed by atoms with Crippen LogP contribution in [-0.4, -0.2) is 27.8 Å². The van der Waals surface area contributed by atoms with Crippen LogP contribution in [-0.2, 0) is 12.7 Å². The van der Waals surface area contributed by atoms with Gasteiger partial charge in [0.15, 0.2) is 0 Å². The van der Waals surface area contributed by atoms with Crippen LogP contribution in [0.5, 0.6) is 0 Å². The van der Waals surface area contributed by atoms with Crippen molar-refractivity contribution in [3.8, 4) is 11.1 Å². The predicted molar refractivity (Wildman–Crippen MR) is 125 cm³/mol. The molecule has 0 saturated heterocycles. The average Bonchev–Trinajstić information content (AvgIpc) is 3.39. The number of halogens is 8. The SMILES string of the molecule is NC(=O)c1cc(F)cc(C(F)(F)F)c1-c1cc2c(ncn2CC(F)F)c2c1C(c1cc(F)ccc1Cl)NC2=O. The zero-order chi connectivity index (χ0) is 28.4. The molecule has 2 amide bonds. The molecule has 14 heteroatoms. The number of nitrogens with two attached hydrogens (primary N) is 1. The van der Waals surface area contributed by atoms with Gasteiger partial charge in [0.25, 0.3) is 12.3 Å². The van der Waals surface area contributed by atoms with Crippen molar-refractivity contribution in [3.63, 3.8) is 0 Å². The minimum atomic E-state index is -5.23. The van der Waals surface area contributed by atoms with Gasteiger partial charge in [0.05, 0.1) is 41.1 Å². The Morgan fingerprint density at radius 3 is 2.46 bits per heavy atom. The number of hydrogen-bond donors (Lipinski definition) is 2. The number of imidazole rings is 1. The Morgan fingerprint density at radius 1 is 1.10 bits per heavy atom. The first-order valence-electron chi connectivity index (χ1n) is 11.0. The van der Waals surface area contributed by atoms with E-state index in [4.69, 9.17) is 17.3 Å². The summed E-state index contributed by atoms with van der Waals surface area (Å²) in [7, 11) is 0. The van der Waals surface area contributed by atoms with Crippen molar-refractivity contribution in [1.29, 1.82) is 0 Å². The Bertz CT molecular complexity index is 1680. The molecule has 39 heavy (non-hydrogen) atoms. The van der Waals surface area contributed by atoms with Gasteiger partial charge < -0.3 is 15.6 Å². The standard InChI is InChI=1S/C25H14ClF7N4O2/c26-15-2-1-9(27)3-11(15)21-19-12(18-13(23(34)38)4-10(28)5-14(18)25(31,32)33)6-16-22(20(19)24(39)36-21)35-8-37(16)7-17(29)30/h1-6,8,17,21H,7H2,(H2,34,38)(H,36,39). The third kappa shape index (κ3) is 4.46. The van der Waals surface area contributed by atoms with Crippen molar-refractivity contribution in [3.05, 3.63) is 87.2 Å². The summed E-state index contributed by atoms with van der Waals surface area (Å²) in [5.41, 5.74) is 0.618. The molecule has 2 heterocycles. The van der Waals surface area contributed by atoms with E-state index >= 15 is 0 Å². The van der Waals surface area contributed by atoms with E-state index < -0.39 is 70.9 Å².